The number of benzene rings is 1. The summed E-state index contributed by atoms with van der Waals surface area (Å²) >= 11 is 7.62. The van der Waals surface area contributed by atoms with Crippen LogP contribution in [0.4, 0.5) is 0 Å². The van der Waals surface area contributed by atoms with Gasteiger partial charge in [-0.05, 0) is 42.6 Å². The van der Waals surface area contributed by atoms with Gasteiger partial charge >= 0.3 is 0 Å². The number of hydrogen-bond acceptors (Lipinski definition) is 4. The van der Waals surface area contributed by atoms with Crippen molar-refractivity contribution in [3.8, 4) is 0 Å². The molecule has 8 heteroatoms. The molecule has 3 N–H and O–H groups in total. The van der Waals surface area contributed by atoms with Crippen LogP contribution in [0.15, 0.2) is 41.4 Å². The van der Waals surface area contributed by atoms with Crippen molar-refractivity contribution >= 4 is 34.8 Å². The van der Waals surface area contributed by atoms with Crippen LogP contribution in [0.5, 0.6) is 0 Å². The first-order valence-corrected chi connectivity index (χ1v) is 11.4. The van der Waals surface area contributed by atoms with Crippen molar-refractivity contribution in [2.24, 2.45) is 16.6 Å². The third kappa shape index (κ3) is 6.45. The minimum Gasteiger partial charge on any atom is -0.369 e. The van der Waals surface area contributed by atoms with Crippen LogP contribution in [0.2, 0.25) is 4.34 Å². The molecule has 2 aromatic rings. The number of guanidine groups is 1. The lowest BCUT2D eigenvalue weighted by atomic mass is 9.97. The SMILES string of the molecule is CN=C(NCc1cccc(CN2CCCC(C(N)=O)C2)c1)N(C)Cc1ccc(Cl)s1. The highest BCUT2D eigenvalue weighted by Gasteiger charge is 2.23. The molecule has 1 aromatic heterocycles. The van der Waals surface area contributed by atoms with E-state index >= 15 is 0 Å². The number of primary amides is 1. The lowest BCUT2D eigenvalue weighted by Crippen LogP contribution is -2.40. The largest absolute Gasteiger partial charge is 0.369 e. The van der Waals surface area contributed by atoms with E-state index in [1.165, 1.54) is 16.0 Å². The number of carbonyl (C=O) groups is 1. The fourth-order valence-electron chi connectivity index (χ4n) is 3.84. The van der Waals surface area contributed by atoms with E-state index in [2.05, 4.69) is 44.4 Å². The van der Waals surface area contributed by atoms with Gasteiger partial charge in [0.15, 0.2) is 5.96 Å². The van der Waals surface area contributed by atoms with Gasteiger partial charge in [0.1, 0.15) is 0 Å². The lowest BCUT2D eigenvalue weighted by Gasteiger charge is -2.31. The quantitative estimate of drug-likeness (QED) is 0.504. The Bertz CT molecular complexity index is 884. The maximum atomic E-state index is 11.5. The smallest absolute Gasteiger partial charge is 0.221 e. The number of rotatable bonds is 7. The molecule has 1 aliphatic rings. The summed E-state index contributed by atoms with van der Waals surface area (Å²) in [5.41, 5.74) is 7.95. The summed E-state index contributed by atoms with van der Waals surface area (Å²) in [6.07, 6.45) is 1.92. The number of piperidine rings is 1. The number of halogens is 1. The second kappa shape index (κ2) is 10.8. The third-order valence-corrected chi connectivity index (χ3v) is 6.57. The molecule has 2 heterocycles. The molecular weight excluding hydrogens is 418 g/mol. The van der Waals surface area contributed by atoms with E-state index in [0.717, 1.165) is 49.3 Å². The Morgan fingerprint density at radius 2 is 2.17 bits per heavy atom. The normalized spacial score (nSPS) is 17.7. The number of likely N-dealkylation sites (tertiary alicyclic amines) is 1. The van der Waals surface area contributed by atoms with E-state index < -0.39 is 0 Å². The number of hydrogen-bond donors (Lipinski definition) is 2. The van der Waals surface area contributed by atoms with Crippen LogP contribution in [-0.2, 0) is 24.4 Å². The minimum atomic E-state index is -0.182. The van der Waals surface area contributed by atoms with E-state index in [4.69, 9.17) is 17.3 Å². The molecule has 1 atom stereocenters. The Morgan fingerprint density at radius 1 is 1.37 bits per heavy atom. The molecular formula is C22H30ClN5OS. The fraction of sp³-hybridized carbons (Fsp3) is 0.455. The summed E-state index contributed by atoms with van der Waals surface area (Å²) in [6.45, 7) is 4.05. The zero-order chi connectivity index (χ0) is 21.5. The predicted octanol–water partition coefficient (Wildman–Crippen LogP) is 3.31. The van der Waals surface area contributed by atoms with E-state index in [0.29, 0.717) is 6.54 Å². The van der Waals surface area contributed by atoms with Crippen LogP contribution in [0, 0.1) is 5.92 Å². The first-order valence-electron chi connectivity index (χ1n) is 10.2. The van der Waals surface area contributed by atoms with E-state index in [9.17, 15) is 4.79 Å². The maximum Gasteiger partial charge on any atom is 0.221 e. The highest BCUT2D eigenvalue weighted by molar-refractivity contribution is 7.16. The number of nitrogens with one attached hydrogen (secondary N) is 1. The number of amides is 1. The Labute approximate surface area is 187 Å². The average Bonchev–Trinajstić information content (AvgIpc) is 3.13. The van der Waals surface area contributed by atoms with Gasteiger partial charge in [-0.1, -0.05) is 35.9 Å². The molecule has 1 unspecified atom stereocenters. The van der Waals surface area contributed by atoms with Crippen molar-refractivity contribution in [1.29, 1.82) is 0 Å². The highest BCUT2D eigenvalue weighted by Crippen LogP contribution is 2.22. The summed E-state index contributed by atoms with van der Waals surface area (Å²) < 4.78 is 0.800. The van der Waals surface area contributed by atoms with Crippen molar-refractivity contribution in [3.63, 3.8) is 0 Å². The summed E-state index contributed by atoms with van der Waals surface area (Å²) in [5.74, 6) is 0.629. The van der Waals surface area contributed by atoms with Crippen LogP contribution in [0.25, 0.3) is 0 Å². The van der Waals surface area contributed by atoms with Crippen LogP contribution in [0.3, 0.4) is 0 Å². The molecule has 162 valence electrons. The molecule has 3 rings (SSSR count). The first kappa shape index (κ1) is 22.6. The van der Waals surface area contributed by atoms with Gasteiger partial charge in [0.05, 0.1) is 16.8 Å². The molecule has 0 bridgehead atoms. The zero-order valence-electron chi connectivity index (χ0n) is 17.6. The van der Waals surface area contributed by atoms with Crippen molar-refractivity contribution in [1.82, 2.24) is 15.1 Å². The summed E-state index contributed by atoms with van der Waals surface area (Å²) in [5, 5.41) is 3.44. The van der Waals surface area contributed by atoms with Gasteiger partial charge in [-0.2, -0.15) is 0 Å². The van der Waals surface area contributed by atoms with Gasteiger partial charge in [-0.3, -0.25) is 14.7 Å². The van der Waals surface area contributed by atoms with Crippen molar-refractivity contribution in [2.75, 3.05) is 27.2 Å². The average molecular weight is 448 g/mol. The number of nitrogens with zero attached hydrogens (tertiary/aromatic N) is 3. The molecule has 1 saturated heterocycles. The zero-order valence-corrected chi connectivity index (χ0v) is 19.2. The summed E-state index contributed by atoms with van der Waals surface area (Å²) in [6, 6.07) is 12.5. The molecule has 1 amide bonds. The molecule has 1 fully saturated rings. The third-order valence-electron chi connectivity index (χ3n) is 5.35. The number of carbonyl (C=O) groups excluding carboxylic acids is 1. The molecule has 1 aromatic carbocycles. The highest BCUT2D eigenvalue weighted by atomic mass is 35.5. The molecule has 6 nitrogen and oxygen atoms in total. The molecule has 0 spiro atoms. The van der Waals surface area contributed by atoms with Crippen molar-refractivity contribution < 1.29 is 4.79 Å². The van der Waals surface area contributed by atoms with Gasteiger partial charge in [-0.15, -0.1) is 11.3 Å². The van der Waals surface area contributed by atoms with Crippen LogP contribution < -0.4 is 11.1 Å². The molecule has 30 heavy (non-hydrogen) atoms. The van der Waals surface area contributed by atoms with E-state index in [-0.39, 0.29) is 11.8 Å². The Kier molecular flexibility index (Phi) is 8.13. The Balaban J connectivity index is 1.54. The molecule has 1 aliphatic heterocycles. The molecule has 0 aliphatic carbocycles. The summed E-state index contributed by atoms with van der Waals surface area (Å²) in [4.78, 5) is 21.5. The van der Waals surface area contributed by atoms with Gasteiger partial charge < -0.3 is 16.0 Å². The van der Waals surface area contributed by atoms with Gasteiger partial charge in [-0.25, -0.2) is 0 Å². The van der Waals surface area contributed by atoms with E-state index in [1.807, 2.05) is 19.2 Å². The second-order valence-corrected chi connectivity index (χ2v) is 9.56. The van der Waals surface area contributed by atoms with Gasteiger partial charge in [0, 0.05) is 38.6 Å². The maximum absolute atomic E-state index is 11.5. The standard InChI is InChI=1S/C22H30ClN5OS/c1-25-22(27(2)15-19-8-9-20(23)30-19)26-12-16-5-3-6-17(11-16)13-28-10-4-7-18(14-28)21(24)29/h3,5-6,8-9,11,18H,4,7,10,12-15H2,1-2H3,(H2,24,29)(H,25,26). The van der Waals surface area contributed by atoms with Crippen molar-refractivity contribution in [3.05, 3.63) is 56.7 Å². The molecule has 0 radical (unpaired) electrons. The monoisotopic (exact) mass is 447 g/mol. The summed E-state index contributed by atoms with van der Waals surface area (Å²) in [7, 11) is 3.81. The lowest BCUT2D eigenvalue weighted by molar-refractivity contribution is -0.123. The predicted molar refractivity (Wildman–Crippen MR) is 125 cm³/mol. The van der Waals surface area contributed by atoms with Gasteiger partial charge in [0.25, 0.3) is 0 Å². The van der Waals surface area contributed by atoms with E-state index in [1.54, 1.807) is 18.4 Å². The van der Waals surface area contributed by atoms with Crippen LogP contribution in [-0.4, -0.2) is 48.9 Å². The molecule has 0 saturated carbocycles. The number of nitrogens with two attached hydrogens (primary N) is 1. The second-order valence-electron chi connectivity index (χ2n) is 7.76. The van der Waals surface area contributed by atoms with Gasteiger partial charge in [0.2, 0.25) is 5.91 Å². The number of thiophene rings is 1. The van der Waals surface area contributed by atoms with Crippen LogP contribution in [0.1, 0.15) is 28.8 Å². The Hall–Kier alpha value is -2.09. The number of aliphatic imine (C=N–C) groups is 1. The fourth-order valence-corrected chi connectivity index (χ4v) is 4.98. The topological polar surface area (TPSA) is 74.0 Å². The van der Waals surface area contributed by atoms with Crippen LogP contribution >= 0.6 is 22.9 Å². The van der Waals surface area contributed by atoms with Crippen molar-refractivity contribution in [2.45, 2.75) is 32.5 Å². The Morgan fingerprint density at radius 3 is 2.87 bits per heavy atom. The minimum absolute atomic E-state index is 0.0271. The first-order chi connectivity index (χ1) is 14.4.